The van der Waals surface area contributed by atoms with Gasteiger partial charge in [-0.2, -0.15) is 0 Å². The van der Waals surface area contributed by atoms with Gasteiger partial charge in [0.15, 0.2) is 0 Å². The largest absolute Gasteiger partial charge is 0.444 e. The summed E-state index contributed by atoms with van der Waals surface area (Å²) in [6.07, 6.45) is -0.687. The van der Waals surface area contributed by atoms with Crippen molar-refractivity contribution in [2.24, 2.45) is 0 Å². The summed E-state index contributed by atoms with van der Waals surface area (Å²) < 4.78 is 10.6. The number of carbonyl (C=O) groups is 2. The molecule has 0 aromatic heterocycles. The Kier molecular flexibility index (Phi) is 4.92. The molecule has 2 atom stereocenters. The zero-order valence-electron chi connectivity index (χ0n) is 15.6. The molecule has 1 N–H and O–H groups in total. The van der Waals surface area contributed by atoms with Gasteiger partial charge in [-0.25, -0.2) is 9.59 Å². The number of anilines is 2. The maximum Gasteiger partial charge on any atom is 0.414 e. The molecule has 146 valence electrons. The third kappa shape index (κ3) is 3.41. The monoisotopic (exact) mass is 382 g/mol. The quantitative estimate of drug-likeness (QED) is 0.879. The Morgan fingerprint density at radius 2 is 2.04 bits per heavy atom. The van der Waals surface area contributed by atoms with Crippen LogP contribution in [0.5, 0.6) is 0 Å². The number of hydrogen-bond acceptors (Lipinski definition) is 5. The number of rotatable bonds is 4. The highest BCUT2D eigenvalue weighted by Gasteiger charge is 2.35. The molecule has 2 amide bonds. The molecule has 7 nitrogen and oxygen atoms in total. The first kappa shape index (κ1) is 18.3. The molecule has 0 saturated carbocycles. The third-order valence-corrected chi connectivity index (χ3v) is 5.07. The number of fused-ring (bicyclic) bond motifs is 1. The molecule has 0 aliphatic carbocycles. The van der Waals surface area contributed by atoms with E-state index in [4.69, 9.17) is 9.47 Å². The van der Waals surface area contributed by atoms with Crippen LogP contribution in [0.1, 0.15) is 18.1 Å². The van der Waals surface area contributed by atoms with Crippen LogP contribution in [-0.2, 0) is 22.5 Å². The van der Waals surface area contributed by atoms with Gasteiger partial charge in [-0.1, -0.05) is 30.3 Å². The maximum atomic E-state index is 12.7. The van der Waals surface area contributed by atoms with Crippen LogP contribution < -0.4 is 9.80 Å². The summed E-state index contributed by atoms with van der Waals surface area (Å²) in [4.78, 5) is 27.8. The van der Waals surface area contributed by atoms with Crippen molar-refractivity contribution in [1.82, 2.24) is 0 Å². The normalized spacial score (nSPS) is 20.9. The van der Waals surface area contributed by atoms with E-state index in [9.17, 15) is 14.7 Å². The topological polar surface area (TPSA) is 79.3 Å². The second-order valence-corrected chi connectivity index (χ2v) is 7.08. The average molecular weight is 382 g/mol. The van der Waals surface area contributed by atoms with Gasteiger partial charge in [-0.05, 0) is 42.7 Å². The minimum absolute atomic E-state index is 0.0377. The Morgan fingerprint density at radius 3 is 2.75 bits per heavy atom. The lowest BCUT2D eigenvalue weighted by molar-refractivity contribution is 0.0963. The molecule has 4 rings (SSSR count). The van der Waals surface area contributed by atoms with Crippen molar-refractivity contribution < 1.29 is 24.2 Å². The van der Waals surface area contributed by atoms with Crippen LogP contribution in [0.2, 0.25) is 0 Å². The minimum atomic E-state index is -0.510. The summed E-state index contributed by atoms with van der Waals surface area (Å²) >= 11 is 0. The van der Waals surface area contributed by atoms with Gasteiger partial charge in [0.2, 0.25) is 0 Å². The van der Waals surface area contributed by atoms with Gasteiger partial charge in [0.1, 0.15) is 12.7 Å². The number of aliphatic hydroxyl groups excluding tert-OH is 1. The number of benzene rings is 2. The van der Waals surface area contributed by atoms with Gasteiger partial charge in [-0.15, -0.1) is 0 Å². The number of hydrogen-bond donors (Lipinski definition) is 1. The molecule has 1 saturated heterocycles. The van der Waals surface area contributed by atoms with Gasteiger partial charge in [-0.3, -0.25) is 9.80 Å². The van der Waals surface area contributed by atoms with E-state index in [0.717, 1.165) is 16.8 Å². The van der Waals surface area contributed by atoms with Crippen LogP contribution in [0.3, 0.4) is 0 Å². The summed E-state index contributed by atoms with van der Waals surface area (Å²) in [6, 6.07) is 15.0. The van der Waals surface area contributed by atoms with Crippen LogP contribution >= 0.6 is 0 Å². The highest BCUT2D eigenvalue weighted by molar-refractivity contribution is 5.94. The van der Waals surface area contributed by atoms with Gasteiger partial charge < -0.3 is 14.6 Å². The van der Waals surface area contributed by atoms with E-state index in [1.807, 2.05) is 49.4 Å². The first-order chi connectivity index (χ1) is 13.6. The fourth-order valence-electron chi connectivity index (χ4n) is 3.68. The smallest absolute Gasteiger partial charge is 0.414 e. The van der Waals surface area contributed by atoms with Crippen molar-refractivity contribution in [3.05, 3.63) is 59.7 Å². The molecule has 1 fully saturated rings. The fraction of sp³-hybridized carbons (Fsp3) is 0.333. The number of ether oxygens (including phenoxy) is 2. The minimum Gasteiger partial charge on any atom is -0.444 e. The van der Waals surface area contributed by atoms with Gasteiger partial charge in [0.05, 0.1) is 18.8 Å². The number of carbonyl (C=O) groups excluding carboxylic acids is 2. The van der Waals surface area contributed by atoms with Crippen molar-refractivity contribution in [3.8, 4) is 0 Å². The number of aliphatic hydroxyl groups is 1. The first-order valence-electron chi connectivity index (χ1n) is 9.28. The van der Waals surface area contributed by atoms with Crippen LogP contribution in [0.25, 0.3) is 0 Å². The molecule has 28 heavy (non-hydrogen) atoms. The summed E-state index contributed by atoms with van der Waals surface area (Å²) in [7, 11) is 0. The van der Waals surface area contributed by atoms with Gasteiger partial charge in [0, 0.05) is 11.7 Å². The van der Waals surface area contributed by atoms with Crippen LogP contribution in [0.15, 0.2) is 48.5 Å². The van der Waals surface area contributed by atoms with E-state index in [-0.39, 0.29) is 25.3 Å². The average Bonchev–Trinajstić information content (AvgIpc) is 3.25. The molecule has 2 aromatic carbocycles. The molecular weight excluding hydrogens is 360 g/mol. The van der Waals surface area contributed by atoms with E-state index in [2.05, 4.69) is 0 Å². The Hall–Kier alpha value is -3.06. The Labute approximate surface area is 163 Å². The summed E-state index contributed by atoms with van der Waals surface area (Å²) in [6.45, 7) is 2.30. The Morgan fingerprint density at radius 1 is 1.25 bits per heavy atom. The zero-order chi connectivity index (χ0) is 19.7. The third-order valence-electron chi connectivity index (χ3n) is 5.07. The number of amides is 2. The zero-order valence-corrected chi connectivity index (χ0v) is 15.6. The van der Waals surface area contributed by atoms with E-state index in [0.29, 0.717) is 18.7 Å². The molecule has 0 bridgehead atoms. The maximum absolute atomic E-state index is 12.7. The lowest BCUT2D eigenvalue weighted by atomic mass is 10.1. The lowest BCUT2D eigenvalue weighted by Gasteiger charge is -2.22. The first-order valence-corrected chi connectivity index (χ1v) is 9.28. The van der Waals surface area contributed by atoms with Crippen molar-refractivity contribution >= 4 is 23.6 Å². The molecule has 7 heteroatoms. The standard InChI is InChI=1S/C21H22N2O5/c1-14-9-16-10-17(22-11-18(12-24)28-20(22)25)7-8-19(16)23(14)21(26)27-13-15-5-3-2-4-6-15/h2-8,10,14,18,24H,9,11-13H2,1H3/t14-,18-/m1/s1. The van der Waals surface area contributed by atoms with Crippen LogP contribution in [-0.4, -0.2) is 42.6 Å². The van der Waals surface area contributed by atoms with Crippen molar-refractivity contribution in [3.63, 3.8) is 0 Å². The predicted octanol–water partition coefficient (Wildman–Crippen LogP) is 3.09. The van der Waals surface area contributed by atoms with E-state index >= 15 is 0 Å². The molecule has 0 spiro atoms. The molecule has 2 aliphatic rings. The summed E-state index contributed by atoms with van der Waals surface area (Å²) in [5.41, 5.74) is 3.40. The van der Waals surface area contributed by atoms with Crippen molar-refractivity contribution in [1.29, 1.82) is 0 Å². The van der Waals surface area contributed by atoms with E-state index in [1.54, 1.807) is 11.0 Å². The lowest BCUT2D eigenvalue weighted by Crippen LogP contribution is -2.36. The van der Waals surface area contributed by atoms with Gasteiger partial charge in [0.25, 0.3) is 0 Å². The van der Waals surface area contributed by atoms with E-state index in [1.165, 1.54) is 4.90 Å². The Balaban J connectivity index is 1.49. The molecular formula is C21H22N2O5. The van der Waals surface area contributed by atoms with E-state index < -0.39 is 12.2 Å². The predicted molar refractivity (Wildman–Crippen MR) is 103 cm³/mol. The molecule has 2 aromatic rings. The van der Waals surface area contributed by atoms with Crippen molar-refractivity contribution in [2.45, 2.75) is 32.1 Å². The Bertz CT molecular complexity index is 886. The second-order valence-electron chi connectivity index (χ2n) is 7.08. The summed E-state index contributed by atoms with van der Waals surface area (Å²) in [5, 5.41) is 9.20. The number of cyclic esters (lactones) is 1. The molecule has 2 aliphatic heterocycles. The second kappa shape index (κ2) is 7.52. The molecule has 0 radical (unpaired) electrons. The molecule has 2 heterocycles. The van der Waals surface area contributed by atoms with Crippen LogP contribution in [0, 0.1) is 0 Å². The fourth-order valence-corrected chi connectivity index (χ4v) is 3.68. The highest BCUT2D eigenvalue weighted by Crippen LogP contribution is 2.36. The number of nitrogens with zero attached hydrogens (tertiary/aromatic N) is 2. The van der Waals surface area contributed by atoms with Crippen molar-refractivity contribution in [2.75, 3.05) is 23.0 Å². The van der Waals surface area contributed by atoms with Gasteiger partial charge >= 0.3 is 12.2 Å². The molecule has 0 unspecified atom stereocenters. The highest BCUT2D eigenvalue weighted by atomic mass is 16.6. The summed E-state index contributed by atoms with van der Waals surface area (Å²) in [5.74, 6) is 0. The SMILES string of the molecule is C[C@@H]1Cc2cc(N3C[C@H](CO)OC3=O)ccc2N1C(=O)OCc1ccccc1. The van der Waals surface area contributed by atoms with Crippen LogP contribution in [0.4, 0.5) is 21.0 Å².